The molecule has 1 aliphatic heterocycles. The lowest BCUT2D eigenvalue weighted by Crippen LogP contribution is -2.44. The van der Waals surface area contributed by atoms with Gasteiger partial charge in [0.15, 0.2) is 0 Å². The average molecular weight is 391 g/mol. The molecule has 1 N–H and O–H groups in total. The van der Waals surface area contributed by atoms with E-state index in [1.54, 1.807) is 11.9 Å². The molecule has 1 saturated heterocycles. The summed E-state index contributed by atoms with van der Waals surface area (Å²) in [6.45, 7) is 4.06. The number of hydrogen-bond donors (Lipinski definition) is 1. The van der Waals surface area contributed by atoms with Crippen LogP contribution >= 0.6 is 11.9 Å². The van der Waals surface area contributed by atoms with Gasteiger partial charge >= 0.3 is 0 Å². The Kier molecular flexibility index (Phi) is 6.58. The third-order valence-electron chi connectivity index (χ3n) is 4.28. The van der Waals surface area contributed by atoms with Gasteiger partial charge in [-0.1, -0.05) is 12.1 Å². The van der Waals surface area contributed by atoms with Gasteiger partial charge in [0.1, 0.15) is 11.0 Å². The summed E-state index contributed by atoms with van der Waals surface area (Å²) in [6.07, 6.45) is 0. The summed E-state index contributed by atoms with van der Waals surface area (Å²) in [5.74, 6) is 0. The second kappa shape index (κ2) is 8.90. The molecule has 0 amide bonds. The van der Waals surface area contributed by atoms with Crippen LogP contribution in [0, 0.1) is 0 Å². The van der Waals surface area contributed by atoms with E-state index in [1.165, 1.54) is 0 Å². The Balaban J connectivity index is 1.71. The van der Waals surface area contributed by atoms with Crippen LogP contribution in [0.5, 0.6) is 0 Å². The van der Waals surface area contributed by atoms with Crippen LogP contribution in [0.1, 0.15) is 0 Å². The van der Waals surface area contributed by atoms with Crippen LogP contribution in [0.15, 0.2) is 58.3 Å². The third-order valence-corrected chi connectivity index (χ3v) is 6.23. The molecule has 3 rings (SSSR count). The summed E-state index contributed by atoms with van der Waals surface area (Å²) in [5, 5.41) is 0. The molecule has 0 spiro atoms. The van der Waals surface area contributed by atoms with Crippen molar-refractivity contribution < 1.29 is 4.21 Å². The van der Waals surface area contributed by atoms with Gasteiger partial charge in [0.05, 0.1) is 16.3 Å². The lowest BCUT2D eigenvalue weighted by Gasteiger charge is -2.35. The molecule has 1 fully saturated rings. The van der Waals surface area contributed by atoms with Gasteiger partial charge < -0.3 is 9.80 Å². The van der Waals surface area contributed by atoms with E-state index in [0.29, 0.717) is 0 Å². The summed E-state index contributed by atoms with van der Waals surface area (Å²) in [5.41, 5.74) is 2.04. The normalized spacial score (nSPS) is 16.7. The van der Waals surface area contributed by atoms with Crippen LogP contribution in [0.3, 0.4) is 0 Å². The number of likely N-dealkylation sites (N-methyl/N-ethyl adjacent to an activating group) is 1. The lowest BCUT2D eigenvalue weighted by molar-refractivity contribution is 0.313. The minimum Gasteiger partial charge on any atom is -0.367 e. The number of nitrogens with one attached hydrogen (secondary N) is 1. The largest absolute Gasteiger partial charge is 0.367 e. The first-order chi connectivity index (χ1) is 12.5. The number of hydrogen-bond acceptors (Lipinski definition) is 5. The van der Waals surface area contributed by atoms with Crippen LogP contribution in [-0.4, -0.2) is 60.7 Å². The van der Waals surface area contributed by atoms with Crippen LogP contribution in [0.2, 0.25) is 0 Å². The van der Waals surface area contributed by atoms with Crippen LogP contribution in [0.4, 0.5) is 11.4 Å². The van der Waals surface area contributed by atoms with Gasteiger partial charge in [-0.05, 0) is 69.5 Å². The van der Waals surface area contributed by atoms with Crippen molar-refractivity contribution in [2.75, 3.05) is 56.9 Å². The molecule has 7 heteroatoms. The number of piperazine rings is 1. The lowest BCUT2D eigenvalue weighted by atomic mass is 10.2. The van der Waals surface area contributed by atoms with Crippen LogP contribution in [0.25, 0.3) is 0 Å². The van der Waals surface area contributed by atoms with Crippen LogP contribution < -0.4 is 9.62 Å². The number of nitrogens with zero attached hydrogens (tertiary/aromatic N) is 3. The zero-order valence-corrected chi connectivity index (χ0v) is 17.1. The number of para-hydroxylation sites is 2. The van der Waals surface area contributed by atoms with Gasteiger partial charge in [-0.3, -0.25) is 9.03 Å². The predicted octanol–water partition coefficient (Wildman–Crippen LogP) is 3.14. The van der Waals surface area contributed by atoms with Gasteiger partial charge in [0.25, 0.3) is 0 Å². The van der Waals surface area contributed by atoms with E-state index in [0.717, 1.165) is 47.3 Å². The van der Waals surface area contributed by atoms with Gasteiger partial charge in [-0.2, -0.15) is 0 Å². The maximum Gasteiger partial charge on any atom is 0.150 e. The fourth-order valence-corrected chi connectivity index (χ4v) is 4.43. The minimum atomic E-state index is -1.29. The highest BCUT2D eigenvalue weighted by Crippen LogP contribution is 2.28. The average Bonchev–Trinajstić information content (AvgIpc) is 2.63. The summed E-state index contributed by atoms with van der Waals surface area (Å²) in [6, 6.07) is 16.0. The molecule has 1 atom stereocenters. The smallest absolute Gasteiger partial charge is 0.150 e. The molecule has 1 heterocycles. The Morgan fingerprint density at radius 3 is 2.31 bits per heavy atom. The van der Waals surface area contributed by atoms with Gasteiger partial charge in [0.2, 0.25) is 0 Å². The molecule has 0 saturated carbocycles. The zero-order chi connectivity index (χ0) is 18.5. The number of anilines is 2. The first-order valence-corrected chi connectivity index (χ1v) is 10.6. The summed E-state index contributed by atoms with van der Waals surface area (Å²) in [7, 11) is 4.88. The molecule has 0 aliphatic carbocycles. The van der Waals surface area contributed by atoms with E-state index in [2.05, 4.69) is 27.6 Å². The first-order valence-electron chi connectivity index (χ1n) is 8.69. The van der Waals surface area contributed by atoms with E-state index in [4.69, 9.17) is 0 Å². The fraction of sp³-hybridized carbons (Fsp3) is 0.368. The molecule has 140 valence electrons. The van der Waals surface area contributed by atoms with Crippen molar-refractivity contribution in [1.82, 2.24) is 9.21 Å². The second-order valence-electron chi connectivity index (χ2n) is 6.55. The Hall–Kier alpha value is -1.54. The molecular weight excluding hydrogens is 364 g/mol. The topological polar surface area (TPSA) is 38.8 Å². The molecular formula is C19H26N4OS2. The quantitative estimate of drug-likeness (QED) is 0.767. The van der Waals surface area contributed by atoms with E-state index in [-0.39, 0.29) is 0 Å². The highest BCUT2D eigenvalue weighted by Gasteiger charge is 2.17. The van der Waals surface area contributed by atoms with Crippen molar-refractivity contribution >= 4 is 34.3 Å². The second-order valence-corrected chi connectivity index (χ2v) is 9.15. The molecule has 0 aromatic heterocycles. The Labute approximate surface area is 163 Å². The molecule has 2 aromatic carbocycles. The molecule has 0 radical (unpaired) electrons. The van der Waals surface area contributed by atoms with Crippen molar-refractivity contribution in [3.8, 4) is 0 Å². The molecule has 1 unspecified atom stereocenters. The molecule has 0 bridgehead atoms. The number of benzene rings is 2. The standard InChI is InChI=1S/C19H26N4OS2/c1-21(2)25-16-8-10-17(11-9-16)26(24)20-18-6-4-5-7-19(18)23-14-12-22(3)13-15-23/h4-11,20H,12-15H2,1-3H3. The molecule has 1 aliphatic rings. The monoisotopic (exact) mass is 390 g/mol. The van der Waals surface area contributed by atoms with E-state index >= 15 is 0 Å². The highest BCUT2D eigenvalue weighted by molar-refractivity contribution is 7.97. The maximum absolute atomic E-state index is 12.8. The van der Waals surface area contributed by atoms with Crippen LogP contribution in [-0.2, 0) is 11.0 Å². The van der Waals surface area contributed by atoms with E-state index in [9.17, 15) is 4.21 Å². The highest BCUT2D eigenvalue weighted by atomic mass is 32.2. The first kappa shape index (κ1) is 19.2. The van der Waals surface area contributed by atoms with Gasteiger partial charge in [0, 0.05) is 31.1 Å². The summed E-state index contributed by atoms with van der Waals surface area (Å²) >= 11 is 1.65. The van der Waals surface area contributed by atoms with Crippen molar-refractivity contribution in [1.29, 1.82) is 0 Å². The Morgan fingerprint density at radius 2 is 1.65 bits per heavy atom. The van der Waals surface area contributed by atoms with E-state index < -0.39 is 11.0 Å². The maximum atomic E-state index is 12.8. The van der Waals surface area contributed by atoms with Crippen molar-refractivity contribution in [2.45, 2.75) is 9.79 Å². The summed E-state index contributed by atoms with van der Waals surface area (Å²) in [4.78, 5) is 6.60. The minimum absolute atomic E-state index is 0.779. The summed E-state index contributed by atoms with van der Waals surface area (Å²) < 4.78 is 18.0. The SMILES string of the molecule is CN1CCN(c2ccccc2NS(=O)c2ccc(SN(C)C)cc2)CC1. The third kappa shape index (κ3) is 5.01. The Morgan fingerprint density at radius 1 is 1.00 bits per heavy atom. The van der Waals surface area contributed by atoms with Gasteiger partial charge in [-0.15, -0.1) is 0 Å². The van der Waals surface area contributed by atoms with Crippen molar-refractivity contribution in [3.63, 3.8) is 0 Å². The molecule has 5 nitrogen and oxygen atoms in total. The number of rotatable bonds is 6. The van der Waals surface area contributed by atoms with Gasteiger partial charge in [-0.25, -0.2) is 4.21 Å². The molecule has 26 heavy (non-hydrogen) atoms. The molecule has 2 aromatic rings. The fourth-order valence-electron chi connectivity index (χ4n) is 2.88. The van der Waals surface area contributed by atoms with Crippen molar-refractivity contribution in [3.05, 3.63) is 48.5 Å². The van der Waals surface area contributed by atoms with E-state index in [1.807, 2.05) is 60.9 Å². The zero-order valence-electron chi connectivity index (χ0n) is 15.5. The predicted molar refractivity (Wildman–Crippen MR) is 112 cm³/mol. The Bertz CT molecular complexity index is 743. The van der Waals surface area contributed by atoms with Crippen molar-refractivity contribution in [2.24, 2.45) is 0 Å².